The molecule has 140 valence electrons. The Kier molecular flexibility index (Phi) is 6.32. The van der Waals surface area contributed by atoms with Crippen LogP contribution in [0, 0.1) is 0 Å². The third-order valence-corrected chi connectivity index (χ3v) is 4.72. The van der Waals surface area contributed by atoms with Gasteiger partial charge in [0.05, 0.1) is 26.3 Å². The first-order valence-electron chi connectivity index (χ1n) is 8.39. The number of rotatable bonds is 8. The molecule has 0 aliphatic carbocycles. The van der Waals surface area contributed by atoms with Crippen LogP contribution in [0.25, 0.3) is 10.8 Å². The summed E-state index contributed by atoms with van der Waals surface area (Å²) in [6.07, 6.45) is 4.27. The smallest absolute Gasteiger partial charge is 0.226 e. The second-order valence-electron chi connectivity index (χ2n) is 5.68. The fourth-order valence-electron chi connectivity index (χ4n) is 2.51. The summed E-state index contributed by atoms with van der Waals surface area (Å²) in [5.41, 5.74) is 1.77. The van der Waals surface area contributed by atoms with Crippen LogP contribution in [0.1, 0.15) is 11.3 Å². The van der Waals surface area contributed by atoms with Gasteiger partial charge in [-0.1, -0.05) is 6.07 Å². The molecule has 0 bridgehead atoms. The summed E-state index contributed by atoms with van der Waals surface area (Å²) in [7, 11) is 3.21. The van der Waals surface area contributed by atoms with E-state index in [1.54, 1.807) is 32.7 Å². The van der Waals surface area contributed by atoms with Crippen LogP contribution in [0.4, 0.5) is 0 Å². The van der Waals surface area contributed by atoms with E-state index in [0.717, 1.165) is 5.56 Å². The molecule has 27 heavy (non-hydrogen) atoms. The van der Waals surface area contributed by atoms with E-state index in [0.29, 0.717) is 41.0 Å². The number of carbonyl (C=O) groups is 1. The molecule has 3 rings (SSSR count). The lowest BCUT2D eigenvalue weighted by Gasteiger charge is -2.10. The molecule has 0 aliphatic rings. The molecule has 0 fully saturated rings. The standard InChI is InChI=1S/C19H20N4O3S/c1-25-15-5-4-13(10-16(15)26-2)6-9-20-17(24)11-14-12-27-19(23-14)18-21-7-3-8-22-18/h3-5,7-8,10,12H,6,9,11H2,1-2H3,(H,20,24). The van der Waals surface area contributed by atoms with Crippen LogP contribution in [0.3, 0.4) is 0 Å². The van der Waals surface area contributed by atoms with Gasteiger partial charge in [0.2, 0.25) is 5.91 Å². The molecule has 0 saturated heterocycles. The lowest BCUT2D eigenvalue weighted by molar-refractivity contribution is -0.120. The first kappa shape index (κ1) is 18.8. The van der Waals surface area contributed by atoms with Gasteiger partial charge in [0.1, 0.15) is 0 Å². The molecule has 1 amide bonds. The Morgan fingerprint density at radius 1 is 1.15 bits per heavy atom. The van der Waals surface area contributed by atoms with Gasteiger partial charge in [-0.15, -0.1) is 11.3 Å². The van der Waals surface area contributed by atoms with Crippen molar-refractivity contribution in [2.45, 2.75) is 12.8 Å². The zero-order valence-corrected chi connectivity index (χ0v) is 16.0. The van der Waals surface area contributed by atoms with E-state index in [9.17, 15) is 4.79 Å². The number of amides is 1. The maximum atomic E-state index is 12.1. The molecule has 0 aliphatic heterocycles. The van der Waals surface area contributed by atoms with Crippen molar-refractivity contribution in [3.63, 3.8) is 0 Å². The molecule has 1 aromatic carbocycles. The summed E-state index contributed by atoms with van der Waals surface area (Å²) in [6.45, 7) is 0.535. The van der Waals surface area contributed by atoms with E-state index in [2.05, 4.69) is 20.3 Å². The quantitative estimate of drug-likeness (QED) is 0.642. The third kappa shape index (κ3) is 5.01. The van der Waals surface area contributed by atoms with Gasteiger partial charge in [-0.25, -0.2) is 15.0 Å². The Hall–Kier alpha value is -3.00. The zero-order chi connectivity index (χ0) is 19.1. The summed E-state index contributed by atoms with van der Waals surface area (Å²) in [4.78, 5) is 24.9. The average Bonchev–Trinajstić information content (AvgIpc) is 3.17. The van der Waals surface area contributed by atoms with Gasteiger partial charge in [0.15, 0.2) is 22.3 Å². The SMILES string of the molecule is COc1ccc(CCNC(=O)Cc2csc(-c3ncccn3)n2)cc1OC. The second-order valence-corrected chi connectivity index (χ2v) is 6.54. The van der Waals surface area contributed by atoms with E-state index >= 15 is 0 Å². The predicted molar refractivity (Wildman–Crippen MR) is 103 cm³/mol. The third-order valence-electron chi connectivity index (χ3n) is 3.83. The van der Waals surface area contributed by atoms with Crippen molar-refractivity contribution in [1.29, 1.82) is 0 Å². The second kappa shape index (κ2) is 9.09. The summed E-state index contributed by atoms with van der Waals surface area (Å²) in [5, 5.41) is 5.49. The molecule has 0 radical (unpaired) electrons. The summed E-state index contributed by atoms with van der Waals surface area (Å²) in [5.74, 6) is 1.87. The number of carbonyl (C=O) groups excluding carboxylic acids is 1. The number of nitrogens with one attached hydrogen (secondary N) is 1. The van der Waals surface area contributed by atoms with Gasteiger partial charge in [-0.3, -0.25) is 4.79 Å². The maximum absolute atomic E-state index is 12.1. The van der Waals surface area contributed by atoms with Crippen molar-refractivity contribution in [3.05, 3.63) is 53.3 Å². The zero-order valence-electron chi connectivity index (χ0n) is 15.1. The van der Waals surface area contributed by atoms with E-state index in [4.69, 9.17) is 9.47 Å². The number of thiazole rings is 1. The van der Waals surface area contributed by atoms with Crippen LogP contribution in [0.5, 0.6) is 11.5 Å². The lowest BCUT2D eigenvalue weighted by atomic mass is 10.1. The fourth-order valence-corrected chi connectivity index (χ4v) is 3.27. The van der Waals surface area contributed by atoms with Crippen LogP contribution in [-0.2, 0) is 17.6 Å². The van der Waals surface area contributed by atoms with Gasteiger partial charge in [0.25, 0.3) is 0 Å². The Balaban J connectivity index is 1.50. The number of nitrogens with zero attached hydrogens (tertiary/aromatic N) is 3. The molecule has 1 N–H and O–H groups in total. The molecular formula is C19H20N4O3S. The van der Waals surface area contributed by atoms with Crippen molar-refractivity contribution in [2.75, 3.05) is 20.8 Å². The molecule has 0 saturated carbocycles. The van der Waals surface area contributed by atoms with E-state index in [-0.39, 0.29) is 12.3 Å². The molecule has 2 aromatic heterocycles. The van der Waals surface area contributed by atoms with Gasteiger partial charge in [0, 0.05) is 24.3 Å². The van der Waals surface area contributed by atoms with E-state index in [1.165, 1.54) is 11.3 Å². The highest BCUT2D eigenvalue weighted by Crippen LogP contribution is 2.27. The molecule has 7 nitrogen and oxygen atoms in total. The molecule has 0 spiro atoms. The normalized spacial score (nSPS) is 10.4. The molecule has 0 atom stereocenters. The Morgan fingerprint density at radius 3 is 2.67 bits per heavy atom. The number of benzene rings is 1. The van der Waals surface area contributed by atoms with Crippen molar-refractivity contribution < 1.29 is 14.3 Å². The summed E-state index contributed by atoms with van der Waals surface area (Å²) in [6, 6.07) is 7.49. The highest BCUT2D eigenvalue weighted by Gasteiger charge is 2.10. The summed E-state index contributed by atoms with van der Waals surface area (Å²) < 4.78 is 10.5. The highest BCUT2D eigenvalue weighted by atomic mass is 32.1. The number of hydrogen-bond donors (Lipinski definition) is 1. The fraction of sp³-hybridized carbons (Fsp3) is 0.263. The van der Waals surface area contributed by atoms with Crippen LogP contribution in [-0.4, -0.2) is 41.6 Å². The number of hydrogen-bond acceptors (Lipinski definition) is 7. The van der Waals surface area contributed by atoms with Crippen molar-refractivity contribution in [1.82, 2.24) is 20.3 Å². The van der Waals surface area contributed by atoms with Crippen LogP contribution >= 0.6 is 11.3 Å². The Labute approximate surface area is 161 Å². The lowest BCUT2D eigenvalue weighted by Crippen LogP contribution is -2.27. The average molecular weight is 384 g/mol. The Bertz CT molecular complexity index is 899. The van der Waals surface area contributed by atoms with Crippen LogP contribution < -0.4 is 14.8 Å². The molecule has 8 heteroatoms. The maximum Gasteiger partial charge on any atom is 0.226 e. The predicted octanol–water partition coefficient (Wildman–Crippen LogP) is 2.52. The molecule has 3 aromatic rings. The molecule has 0 unspecified atom stereocenters. The topological polar surface area (TPSA) is 86.2 Å². The van der Waals surface area contributed by atoms with Crippen LogP contribution in [0.15, 0.2) is 42.0 Å². The highest BCUT2D eigenvalue weighted by molar-refractivity contribution is 7.13. The summed E-state index contributed by atoms with van der Waals surface area (Å²) >= 11 is 1.43. The minimum Gasteiger partial charge on any atom is -0.493 e. The first-order valence-corrected chi connectivity index (χ1v) is 9.27. The van der Waals surface area contributed by atoms with Gasteiger partial charge in [-0.05, 0) is 30.2 Å². The minimum atomic E-state index is -0.0682. The van der Waals surface area contributed by atoms with E-state index < -0.39 is 0 Å². The largest absolute Gasteiger partial charge is 0.493 e. The number of ether oxygens (including phenoxy) is 2. The van der Waals surface area contributed by atoms with E-state index in [1.807, 2.05) is 23.6 Å². The first-order chi connectivity index (χ1) is 13.2. The van der Waals surface area contributed by atoms with Gasteiger partial charge >= 0.3 is 0 Å². The van der Waals surface area contributed by atoms with Crippen LogP contribution in [0.2, 0.25) is 0 Å². The van der Waals surface area contributed by atoms with Gasteiger partial charge < -0.3 is 14.8 Å². The van der Waals surface area contributed by atoms with Gasteiger partial charge in [-0.2, -0.15) is 0 Å². The number of methoxy groups -OCH3 is 2. The molecule has 2 heterocycles. The van der Waals surface area contributed by atoms with Crippen molar-refractivity contribution in [2.24, 2.45) is 0 Å². The molecular weight excluding hydrogens is 364 g/mol. The Morgan fingerprint density at radius 2 is 1.93 bits per heavy atom. The van der Waals surface area contributed by atoms with Crippen molar-refractivity contribution in [3.8, 4) is 22.3 Å². The number of aromatic nitrogens is 3. The van der Waals surface area contributed by atoms with Crippen molar-refractivity contribution >= 4 is 17.2 Å². The monoisotopic (exact) mass is 384 g/mol. The minimum absolute atomic E-state index is 0.0682.